The third-order valence-corrected chi connectivity index (χ3v) is 3.68. The van der Waals surface area contributed by atoms with E-state index in [1.54, 1.807) is 0 Å². The van der Waals surface area contributed by atoms with Gasteiger partial charge < -0.3 is 15.5 Å². The van der Waals surface area contributed by atoms with Crippen LogP contribution in [0, 0.1) is 13.8 Å². The van der Waals surface area contributed by atoms with Crippen LogP contribution >= 0.6 is 0 Å². The van der Waals surface area contributed by atoms with Gasteiger partial charge in [-0.2, -0.15) is 0 Å². The van der Waals surface area contributed by atoms with Gasteiger partial charge >= 0.3 is 0 Å². The van der Waals surface area contributed by atoms with E-state index in [-0.39, 0.29) is 0 Å². The Bertz CT molecular complexity index is 369. The minimum absolute atomic E-state index is 0.438. The van der Waals surface area contributed by atoms with Crippen LogP contribution in [0.1, 0.15) is 11.1 Å². The van der Waals surface area contributed by atoms with E-state index in [2.05, 4.69) is 48.9 Å². The molecule has 1 heterocycles. The SMILES string of the molecule is Cc1cccc(C)c1N1CCN(C)CC1CN. The van der Waals surface area contributed by atoms with Crippen molar-refractivity contribution in [2.24, 2.45) is 5.73 Å². The molecule has 0 amide bonds. The van der Waals surface area contributed by atoms with Crippen molar-refractivity contribution >= 4 is 5.69 Å². The van der Waals surface area contributed by atoms with E-state index in [9.17, 15) is 0 Å². The molecule has 0 aliphatic carbocycles. The second kappa shape index (κ2) is 5.07. The van der Waals surface area contributed by atoms with Crippen molar-refractivity contribution in [1.82, 2.24) is 4.90 Å². The Morgan fingerprint density at radius 3 is 2.47 bits per heavy atom. The molecule has 2 N–H and O–H groups in total. The van der Waals surface area contributed by atoms with Gasteiger partial charge in [-0.1, -0.05) is 18.2 Å². The second-order valence-electron chi connectivity index (χ2n) is 5.09. The first-order valence-corrected chi connectivity index (χ1v) is 6.35. The van der Waals surface area contributed by atoms with E-state index in [4.69, 9.17) is 5.73 Å². The van der Waals surface area contributed by atoms with E-state index in [0.29, 0.717) is 6.04 Å². The smallest absolute Gasteiger partial charge is 0.0539 e. The predicted molar refractivity (Wildman–Crippen MR) is 73.6 cm³/mol. The minimum Gasteiger partial charge on any atom is -0.364 e. The number of aryl methyl sites for hydroxylation is 2. The lowest BCUT2D eigenvalue weighted by Gasteiger charge is -2.42. The molecule has 3 nitrogen and oxygen atoms in total. The standard InChI is InChI=1S/C14H23N3/c1-11-5-4-6-12(2)14(11)17-8-7-16(3)10-13(17)9-15/h4-6,13H,7-10,15H2,1-3H3. The van der Waals surface area contributed by atoms with Gasteiger partial charge in [-0.15, -0.1) is 0 Å². The van der Waals surface area contributed by atoms with E-state index in [1.807, 2.05) is 0 Å². The number of hydrogen-bond donors (Lipinski definition) is 1. The van der Waals surface area contributed by atoms with Gasteiger partial charge in [-0.3, -0.25) is 0 Å². The summed E-state index contributed by atoms with van der Waals surface area (Å²) in [5, 5.41) is 0. The van der Waals surface area contributed by atoms with Crippen LogP contribution in [-0.4, -0.2) is 44.2 Å². The lowest BCUT2D eigenvalue weighted by atomic mass is 10.0. The monoisotopic (exact) mass is 233 g/mol. The maximum absolute atomic E-state index is 5.93. The predicted octanol–water partition coefficient (Wildman–Crippen LogP) is 1.38. The molecule has 1 atom stereocenters. The van der Waals surface area contributed by atoms with Gasteiger partial charge in [0.2, 0.25) is 0 Å². The average Bonchev–Trinajstić information content (AvgIpc) is 2.30. The first-order valence-electron chi connectivity index (χ1n) is 6.35. The summed E-state index contributed by atoms with van der Waals surface area (Å²) in [6.45, 7) is 8.35. The van der Waals surface area contributed by atoms with Crippen LogP contribution in [-0.2, 0) is 0 Å². The molecule has 0 spiro atoms. The highest BCUT2D eigenvalue weighted by atomic mass is 15.3. The van der Waals surface area contributed by atoms with Gasteiger partial charge in [0.1, 0.15) is 0 Å². The van der Waals surface area contributed by atoms with Gasteiger partial charge in [0.15, 0.2) is 0 Å². The fraction of sp³-hybridized carbons (Fsp3) is 0.571. The first kappa shape index (κ1) is 12.4. The molecule has 0 bridgehead atoms. The Morgan fingerprint density at radius 2 is 1.88 bits per heavy atom. The summed E-state index contributed by atoms with van der Waals surface area (Å²) in [5.74, 6) is 0. The fourth-order valence-electron chi connectivity index (χ4n) is 2.77. The number of hydrogen-bond acceptors (Lipinski definition) is 3. The number of rotatable bonds is 2. The number of nitrogens with zero attached hydrogens (tertiary/aromatic N) is 2. The van der Waals surface area contributed by atoms with Gasteiger partial charge in [-0.25, -0.2) is 0 Å². The van der Waals surface area contributed by atoms with Crippen molar-refractivity contribution in [1.29, 1.82) is 0 Å². The lowest BCUT2D eigenvalue weighted by molar-refractivity contribution is 0.269. The van der Waals surface area contributed by atoms with E-state index in [0.717, 1.165) is 26.2 Å². The molecule has 17 heavy (non-hydrogen) atoms. The van der Waals surface area contributed by atoms with Crippen LogP contribution in [0.4, 0.5) is 5.69 Å². The first-order chi connectivity index (χ1) is 8.13. The molecule has 3 heteroatoms. The molecule has 1 fully saturated rings. The van der Waals surface area contributed by atoms with Crippen LogP contribution in [0.3, 0.4) is 0 Å². The highest BCUT2D eigenvalue weighted by molar-refractivity contribution is 5.60. The van der Waals surface area contributed by atoms with Crippen molar-refractivity contribution in [2.75, 3.05) is 38.1 Å². The summed E-state index contributed by atoms with van der Waals surface area (Å²) in [5.41, 5.74) is 10.0. The van der Waals surface area contributed by atoms with E-state index < -0.39 is 0 Å². The van der Waals surface area contributed by atoms with Crippen LogP contribution in [0.25, 0.3) is 0 Å². The van der Waals surface area contributed by atoms with E-state index in [1.165, 1.54) is 16.8 Å². The molecular formula is C14H23N3. The fourth-order valence-corrected chi connectivity index (χ4v) is 2.77. The van der Waals surface area contributed by atoms with Crippen LogP contribution < -0.4 is 10.6 Å². The number of nitrogens with two attached hydrogens (primary N) is 1. The number of anilines is 1. The van der Waals surface area contributed by atoms with Gasteiger partial charge in [0.25, 0.3) is 0 Å². The summed E-state index contributed by atoms with van der Waals surface area (Å²) < 4.78 is 0. The molecule has 94 valence electrons. The highest BCUT2D eigenvalue weighted by Gasteiger charge is 2.25. The largest absolute Gasteiger partial charge is 0.364 e. The van der Waals surface area contributed by atoms with Crippen molar-refractivity contribution in [3.05, 3.63) is 29.3 Å². The summed E-state index contributed by atoms with van der Waals surface area (Å²) in [6, 6.07) is 6.94. The molecule has 1 aliphatic rings. The summed E-state index contributed by atoms with van der Waals surface area (Å²) in [6.07, 6.45) is 0. The normalized spacial score (nSPS) is 21.9. The molecule has 1 unspecified atom stereocenters. The Morgan fingerprint density at radius 1 is 1.24 bits per heavy atom. The van der Waals surface area contributed by atoms with Crippen molar-refractivity contribution in [3.8, 4) is 0 Å². The Labute approximate surface area is 104 Å². The van der Waals surface area contributed by atoms with Crippen molar-refractivity contribution in [3.63, 3.8) is 0 Å². The molecule has 1 aromatic carbocycles. The zero-order valence-electron chi connectivity index (χ0n) is 11.1. The zero-order chi connectivity index (χ0) is 12.4. The Hall–Kier alpha value is -1.06. The quantitative estimate of drug-likeness (QED) is 0.837. The second-order valence-corrected chi connectivity index (χ2v) is 5.09. The maximum atomic E-state index is 5.93. The minimum atomic E-state index is 0.438. The zero-order valence-corrected chi connectivity index (χ0v) is 11.1. The molecule has 1 aromatic rings. The third kappa shape index (κ3) is 2.45. The van der Waals surface area contributed by atoms with Gasteiger partial charge in [0, 0.05) is 31.9 Å². The van der Waals surface area contributed by atoms with Crippen LogP contribution in [0.2, 0.25) is 0 Å². The summed E-state index contributed by atoms with van der Waals surface area (Å²) in [7, 11) is 2.17. The average molecular weight is 233 g/mol. The van der Waals surface area contributed by atoms with Crippen molar-refractivity contribution in [2.45, 2.75) is 19.9 Å². The molecule has 0 aromatic heterocycles. The van der Waals surface area contributed by atoms with Crippen molar-refractivity contribution < 1.29 is 0 Å². The molecule has 0 radical (unpaired) electrons. The molecule has 1 saturated heterocycles. The topological polar surface area (TPSA) is 32.5 Å². The number of para-hydroxylation sites is 1. The van der Waals surface area contributed by atoms with Gasteiger partial charge in [0.05, 0.1) is 6.04 Å². The molecule has 1 aliphatic heterocycles. The van der Waals surface area contributed by atoms with E-state index >= 15 is 0 Å². The number of piperazine rings is 1. The van der Waals surface area contributed by atoms with Gasteiger partial charge in [-0.05, 0) is 32.0 Å². The molecule has 2 rings (SSSR count). The molecular weight excluding hydrogens is 210 g/mol. The van der Waals surface area contributed by atoms with Crippen LogP contribution in [0.5, 0.6) is 0 Å². The molecule has 0 saturated carbocycles. The Kier molecular flexibility index (Phi) is 3.69. The lowest BCUT2D eigenvalue weighted by Crippen LogP contribution is -2.55. The maximum Gasteiger partial charge on any atom is 0.0539 e. The Balaban J connectivity index is 2.32. The third-order valence-electron chi connectivity index (χ3n) is 3.68. The summed E-state index contributed by atoms with van der Waals surface area (Å²) in [4.78, 5) is 4.85. The number of benzene rings is 1. The number of likely N-dealkylation sites (N-methyl/N-ethyl adjacent to an activating group) is 1. The summed E-state index contributed by atoms with van der Waals surface area (Å²) >= 11 is 0. The van der Waals surface area contributed by atoms with Crippen LogP contribution in [0.15, 0.2) is 18.2 Å². The highest BCUT2D eigenvalue weighted by Crippen LogP contribution is 2.27.